The first-order chi connectivity index (χ1) is 9.16. The van der Waals surface area contributed by atoms with Crippen LogP contribution >= 0.6 is 0 Å². The molecule has 0 atom stereocenters. The molecule has 1 aliphatic heterocycles. The maximum absolute atomic E-state index is 12.1. The number of benzene rings is 2. The molecular weight excluding hydrogens is 244 g/mol. The second kappa shape index (κ2) is 4.17. The van der Waals surface area contributed by atoms with E-state index in [0.717, 1.165) is 5.56 Å². The molecule has 0 bridgehead atoms. The third-order valence-electron chi connectivity index (χ3n) is 2.89. The Kier molecular flexibility index (Phi) is 2.49. The second-order valence-corrected chi connectivity index (χ2v) is 4.16. The number of rotatable bonds is 1. The first-order valence-electron chi connectivity index (χ1n) is 5.71. The minimum Gasteiger partial charge on any atom is -0.504 e. The van der Waals surface area contributed by atoms with Crippen molar-refractivity contribution in [3.05, 3.63) is 59.4 Å². The molecule has 0 saturated heterocycles. The van der Waals surface area contributed by atoms with Gasteiger partial charge in [-0.05, 0) is 23.8 Å². The molecule has 0 aliphatic carbocycles. The predicted octanol–water partition coefficient (Wildman–Crippen LogP) is 2.71. The van der Waals surface area contributed by atoms with E-state index in [1.54, 1.807) is 6.08 Å². The molecule has 0 fully saturated rings. The van der Waals surface area contributed by atoms with E-state index in [0.29, 0.717) is 0 Å². The number of allylic oxidation sites excluding steroid dienone is 1. The molecule has 0 radical (unpaired) electrons. The van der Waals surface area contributed by atoms with Gasteiger partial charge < -0.3 is 14.9 Å². The summed E-state index contributed by atoms with van der Waals surface area (Å²) in [6.45, 7) is 0. The standard InChI is InChI=1S/C15H10O4/c16-11-7-6-10-13(17)12(19-15(10)14(11)18)8-9-4-2-1-3-5-9/h1-8,16,18H/b12-8-. The highest BCUT2D eigenvalue weighted by Crippen LogP contribution is 2.44. The summed E-state index contributed by atoms with van der Waals surface area (Å²) < 4.78 is 5.34. The van der Waals surface area contributed by atoms with E-state index < -0.39 is 5.75 Å². The number of phenols is 2. The largest absolute Gasteiger partial charge is 0.504 e. The summed E-state index contributed by atoms with van der Waals surface area (Å²) in [4.78, 5) is 12.1. The van der Waals surface area contributed by atoms with Gasteiger partial charge in [0.15, 0.2) is 17.3 Å². The van der Waals surface area contributed by atoms with Gasteiger partial charge in [-0.2, -0.15) is 0 Å². The van der Waals surface area contributed by atoms with E-state index >= 15 is 0 Å². The molecule has 0 spiro atoms. The molecule has 2 N–H and O–H groups in total. The third kappa shape index (κ3) is 1.83. The van der Waals surface area contributed by atoms with Crippen LogP contribution in [0, 0.1) is 0 Å². The molecule has 94 valence electrons. The van der Waals surface area contributed by atoms with Crippen LogP contribution in [-0.4, -0.2) is 16.0 Å². The zero-order valence-electron chi connectivity index (χ0n) is 9.83. The summed E-state index contributed by atoms with van der Waals surface area (Å²) in [7, 11) is 0. The lowest BCUT2D eigenvalue weighted by atomic mass is 10.1. The van der Waals surface area contributed by atoms with Crippen molar-refractivity contribution in [2.24, 2.45) is 0 Å². The summed E-state index contributed by atoms with van der Waals surface area (Å²) >= 11 is 0. The van der Waals surface area contributed by atoms with Gasteiger partial charge in [-0.1, -0.05) is 30.3 Å². The maximum Gasteiger partial charge on any atom is 0.232 e. The number of ether oxygens (including phenoxy) is 1. The fraction of sp³-hybridized carbons (Fsp3) is 0. The van der Waals surface area contributed by atoms with Crippen molar-refractivity contribution in [1.29, 1.82) is 0 Å². The van der Waals surface area contributed by atoms with Gasteiger partial charge in [0.2, 0.25) is 11.5 Å². The number of carbonyl (C=O) groups is 1. The first-order valence-corrected chi connectivity index (χ1v) is 5.71. The number of Topliss-reactive ketones (excluding diaryl/α,β-unsaturated/α-hetero) is 1. The van der Waals surface area contributed by atoms with Crippen LogP contribution in [0.15, 0.2) is 48.2 Å². The van der Waals surface area contributed by atoms with Crippen LogP contribution in [0.25, 0.3) is 6.08 Å². The molecule has 0 unspecified atom stereocenters. The summed E-state index contributed by atoms with van der Waals surface area (Å²) in [5.74, 6) is -0.904. The Balaban J connectivity index is 2.05. The zero-order valence-corrected chi connectivity index (χ0v) is 9.83. The van der Waals surface area contributed by atoms with Crippen molar-refractivity contribution in [3.63, 3.8) is 0 Å². The van der Waals surface area contributed by atoms with E-state index in [4.69, 9.17) is 4.74 Å². The average Bonchev–Trinajstić information content (AvgIpc) is 2.73. The molecule has 1 heterocycles. The lowest BCUT2D eigenvalue weighted by Gasteiger charge is -2.02. The number of carbonyl (C=O) groups excluding carboxylic acids is 1. The van der Waals surface area contributed by atoms with Crippen LogP contribution in [0.4, 0.5) is 0 Å². The molecular formula is C15H10O4. The normalized spacial score (nSPS) is 15.4. The van der Waals surface area contributed by atoms with E-state index in [1.165, 1.54) is 12.1 Å². The van der Waals surface area contributed by atoms with Crippen molar-refractivity contribution in [1.82, 2.24) is 0 Å². The lowest BCUT2D eigenvalue weighted by molar-refractivity contribution is 0.101. The van der Waals surface area contributed by atoms with Crippen molar-refractivity contribution in [3.8, 4) is 17.2 Å². The monoisotopic (exact) mass is 254 g/mol. The Hall–Kier alpha value is -2.75. The molecule has 3 rings (SSSR count). The highest BCUT2D eigenvalue weighted by molar-refractivity contribution is 6.15. The first kappa shape index (κ1) is 11.3. The van der Waals surface area contributed by atoms with Crippen molar-refractivity contribution in [2.45, 2.75) is 0 Å². The lowest BCUT2D eigenvalue weighted by Crippen LogP contribution is -1.97. The van der Waals surface area contributed by atoms with Gasteiger partial charge in [0.05, 0.1) is 5.56 Å². The van der Waals surface area contributed by atoms with Crippen molar-refractivity contribution >= 4 is 11.9 Å². The molecule has 0 saturated carbocycles. The molecule has 2 aromatic carbocycles. The molecule has 4 heteroatoms. The Labute approximate surface area is 109 Å². The van der Waals surface area contributed by atoms with Gasteiger partial charge in [0.25, 0.3) is 0 Å². The van der Waals surface area contributed by atoms with E-state index in [1.807, 2.05) is 30.3 Å². The fourth-order valence-corrected chi connectivity index (χ4v) is 1.93. The minimum absolute atomic E-state index is 0.00665. The second-order valence-electron chi connectivity index (χ2n) is 4.16. The smallest absolute Gasteiger partial charge is 0.232 e. The van der Waals surface area contributed by atoms with Gasteiger partial charge >= 0.3 is 0 Å². The van der Waals surface area contributed by atoms with Gasteiger partial charge in [0, 0.05) is 0 Å². The SMILES string of the molecule is O=C1/C(=C/c2ccccc2)Oc2c1ccc(O)c2O. The minimum atomic E-state index is -0.415. The van der Waals surface area contributed by atoms with Crippen LogP contribution < -0.4 is 4.74 Å². The van der Waals surface area contributed by atoms with Crippen LogP contribution in [0.2, 0.25) is 0 Å². The van der Waals surface area contributed by atoms with Crippen LogP contribution in [0.3, 0.4) is 0 Å². The number of ketones is 1. The Morgan fingerprint density at radius 3 is 2.47 bits per heavy atom. The molecule has 4 nitrogen and oxygen atoms in total. The summed E-state index contributed by atoms with van der Waals surface area (Å²) in [5.41, 5.74) is 1.07. The van der Waals surface area contributed by atoms with E-state index in [9.17, 15) is 15.0 Å². The number of hydrogen-bond donors (Lipinski definition) is 2. The van der Waals surface area contributed by atoms with Crippen LogP contribution in [0.1, 0.15) is 15.9 Å². The molecule has 0 amide bonds. The molecule has 0 aromatic heterocycles. The number of aromatic hydroxyl groups is 2. The van der Waals surface area contributed by atoms with Gasteiger partial charge in [-0.3, -0.25) is 4.79 Å². The Morgan fingerprint density at radius 2 is 1.74 bits per heavy atom. The third-order valence-corrected chi connectivity index (χ3v) is 2.89. The van der Waals surface area contributed by atoms with Gasteiger partial charge in [-0.25, -0.2) is 0 Å². The summed E-state index contributed by atoms with van der Waals surface area (Å²) in [5, 5.41) is 19.1. The van der Waals surface area contributed by atoms with Crippen LogP contribution in [0.5, 0.6) is 17.2 Å². The number of hydrogen-bond acceptors (Lipinski definition) is 4. The van der Waals surface area contributed by atoms with Crippen molar-refractivity contribution < 1.29 is 19.7 Å². The van der Waals surface area contributed by atoms with Gasteiger partial charge in [-0.15, -0.1) is 0 Å². The maximum atomic E-state index is 12.1. The Bertz CT molecular complexity index is 687. The fourth-order valence-electron chi connectivity index (χ4n) is 1.93. The number of fused-ring (bicyclic) bond motifs is 1. The summed E-state index contributed by atoms with van der Waals surface area (Å²) in [6, 6.07) is 11.9. The average molecular weight is 254 g/mol. The van der Waals surface area contributed by atoms with Gasteiger partial charge in [0.1, 0.15) is 0 Å². The Morgan fingerprint density at radius 1 is 1.00 bits per heavy atom. The van der Waals surface area contributed by atoms with Crippen LogP contribution in [-0.2, 0) is 0 Å². The molecule has 1 aliphatic rings. The quantitative estimate of drug-likeness (QED) is 0.606. The predicted molar refractivity (Wildman–Crippen MR) is 69.1 cm³/mol. The number of phenolic OH excluding ortho intramolecular Hbond substituents is 2. The van der Waals surface area contributed by atoms with E-state index in [2.05, 4.69) is 0 Å². The zero-order chi connectivity index (χ0) is 13.4. The van der Waals surface area contributed by atoms with E-state index in [-0.39, 0.29) is 28.6 Å². The molecule has 2 aromatic rings. The van der Waals surface area contributed by atoms with Crippen molar-refractivity contribution in [2.75, 3.05) is 0 Å². The topological polar surface area (TPSA) is 66.8 Å². The highest BCUT2D eigenvalue weighted by Gasteiger charge is 2.31. The highest BCUT2D eigenvalue weighted by atomic mass is 16.5. The molecule has 19 heavy (non-hydrogen) atoms. The summed E-state index contributed by atoms with van der Waals surface area (Å²) in [6.07, 6.45) is 1.60.